The molecule has 4 saturated heterocycles. The minimum Gasteiger partial charge on any atom is -0.469 e. The molecule has 0 amide bonds. The molecule has 0 N–H and O–H groups in total. The number of hydrogen-bond acceptors (Lipinski definition) is 17. The van der Waals surface area contributed by atoms with Gasteiger partial charge in [-0.3, -0.25) is 43.2 Å². The summed E-state index contributed by atoms with van der Waals surface area (Å²) >= 11 is 15.1. The van der Waals surface area contributed by atoms with Gasteiger partial charge in [0.1, 0.15) is 34.0 Å². The second-order valence-electron chi connectivity index (χ2n) is 32.8. The van der Waals surface area contributed by atoms with Crippen LogP contribution in [0.3, 0.4) is 0 Å². The maximum Gasteiger partial charge on any atom is 0.309 e. The summed E-state index contributed by atoms with van der Waals surface area (Å²) in [5, 5.41) is 10.3. The van der Waals surface area contributed by atoms with E-state index in [2.05, 4.69) is 64.5 Å². The molecule has 17 nitrogen and oxygen atoms in total. The van der Waals surface area contributed by atoms with E-state index in [1.165, 1.54) is 32.5 Å². The maximum absolute atomic E-state index is 13.5. The number of ketones is 4. The molecule has 9 saturated carbocycles. The predicted molar refractivity (Wildman–Crippen MR) is 340 cm³/mol. The molecule has 4 spiro atoms. The van der Waals surface area contributed by atoms with Gasteiger partial charge in [0.05, 0.1) is 49.6 Å². The number of Topliss-reactive ketones (excluding diaryl/α,β-unsaturated/α-hetero) is 2. The molecule has 17 rings (SSSR count). The lowest BCUT2D eigenvalue weighted by atomic mass is 9.43. The number of nitriles is 1. The second-order valence-corrected chi connectivity index (χ2v) is 35.0. The first-order valence-corrected chi connectivity index (χ1v) is 35.8. The quantitative estimate of drug-likeness (QED) is 0.0623. The monoisotopic (exact) mass is 1350 g/mol. The molecule has 4 heterocycles. The SMILES string of the molecule is CC12CCC(=O)C3C(=O)C(CC31C#N)C1C2=CCC2(C)C1CCC21CCC(=O)O1.COC(=O)C1CC2=CC(=O)CCC2(C)C23OC2CC2(C)C(CCC24CCC(=O)O4)C13.COC(=O)C1CC2=CC(=O)CCC2(C)C2=CCC3(C)C(CCC34CCC(=O)O4)C21.COC(Cl)(Cl)Cl. The van der Waals surface area contributed by atoms with Crippen molar-refractivity contribution in [2.45, 2.75) is 228 Å². The molecule has 20 heteroatoms. The Hall–Kier alpha value is -4.73. The number of allylic oxidation sites excluding steroid dienone is 6. The zero-order valence-electron chi connectivity index (χ0n) is 55.7. The molecule has 2 bridgehead atoms. The van der Waals surface area contributed by atoms with E-state index in [0.717, 1.165) is 101 Å². The van der Waals surface area contributed by atoms with Gasteiger partial charge in [0.25, 0.3) is 3.98 Å². The van der Waals surface area contributed by atoms with Crippen molar-refractivity contribution in [2.75, 3.05) is 21.3 Å². The summed E-state index contributed by atoms with van der Waals surface area (Å²) in [6, 6.07) is 2.52. The number of nitrogens with zero attached hydrogens (tertiary/aromatic N) is 1. The van der Waals surface area contributed by atoms with Crippen molar-refractivity contribution in [3.05, 3.63) is 46.6 Å². The Morgan fingerprint density at radius 3 is 1.60 bits per heavy atom. The fourth-order valence-corrected chi connectivity index (χ4v) is 25.1. The van der Waals surface area contributed by atoms with Crippen molar-refractivity contribution < 1.29 is 76.3 Å². The Labute approximate surface area is 565 Å². The number of carbonyl (C=O) groups is 9. The second kappa shape index (κ2) is 21.9. The third kappa shape index (κ3) is 8.76. The van der Waals surface area contributed by atoms with Gasteiger partial charge in [0, 0.05) is 90.0 Å². The van der Waals surface area contributed by atoms with E-state index in [1.807, 2.05) is 0 Å². The van der Waals surface area contributed by atoms with Gasteiger partial charge < -0.3 is 33.2 Å². The Morgan fingerprint density at radius 1 is 0.574 bits per heavy atom. The van der Waals surface area contributed by atoms with Crippen LogP contribution in [0.15, 0.2) is 46.6 Å². The van der Waals surface area contributed by atoms with Crippen LogP contribution in [0.1, 0.15) is 196 Å². The lowest BCUT2D eigenvalue weighted by Gasteiger charge is -2.58. The lowest BCUT2D eigenvalue weighted by molar-refractivity contribution is -0.172. The summed E-state index contributed by atoms with van der Waals surface area (Å²) in [6.45, 7) is 13.4. The van der Waals surface area contributed by atoms with Crippen molar-refractivity contribution in [2.24, 2.45) is 97.1 Å². The molecule has 0 aromatic rings. The number of ether oxygens (including phenoxy) is 7. The fourth-order valence-electron chi connectivity index (χ4n) is 25.1. The maximum atomic E-state index is 13.5. The normalized spacial score (nSPS) is 48.7. The smallest absolute Gasteiger partial charge is 0.309 e. The zero-order valence-corrected chi connectivity index (χ0v) is 58.0. The highest BCUT2D eigenvalue weighted by Crippen LogP contribution is 2.80. The summed E-state index contributed by atoms with van der Waals surface area (Å²) in [7, 11) is 4.22. The third-order valence-corrected chi connectivity index (χ3v) is 30.6. The van der Waals surface area contributed by atoms with Crippen molar-refractivity contribution >= 4 is 87.8 Å². The van der Waals surface area contributed by atoms with Crippen molar-refractivity contribution in [1.29, 1.82) is 5.26 Å². The standard InChI is InChI=1S/C24H27NO4.C24H30O6.C24H30O5.C2H3Cl3O/c1-21-8-5-16(26)19-20(28)13(11-23(19,21)12-25)18-14(21)3-7-22(2)15(18)4-9-24(22)10-6-17(27)29-24;1-21-7-4-14(25)10-13(21)11-15(20(27)28-3)19-16-5-8-23(9-6-18(26)30-23)22(16,2)12-17-24(19,21)29-17;1-22-8-4-15(25)12-14(22)13-16(21(27)28-3)20-17(22)5-9-23(2)18(20)6-10-24(23)11-7-19(26)29-24;1-6-2(3,4)5/h3,13,15,18-19H,4-11H2,1-2H3;10,15-17,19H,4-9,11-12H2,1-3H3;5,12,16,18,20H,4,6-11,13H2,1-3H3;1H3. The van der Waals surface area contributed by atoms with E-state index in [0.29, 0.717) is 64.2 Å². The molecule has 94 heavy (non-hydrogen) atoms. The fraction of sp³-hybridized carbons (Fsp3) is 0.757. The number of rotatable bonds is 2. The van der Waals surface area contributed by atoms with Crippen LogP contribution < -0.4 is 0 Å². The third-order valence-electron chi connectivity index (χ3n) is 30.1. The van der Waals surface area contributed by atoms with Crippen LogP contribution in [0.25, 0.3) is 0 Å². The lowest BCUT2D eigenvalue weighted by Crippen LogP contribution is -2.63. The van der Waals surface area contributed by atoms with Crippen LogP contribution in [0.2, 0.25) is 0 Å². The minimum atomic E-state index is -1.54. The minimum absolute atomic E-state index is 0.0180. The van der Waals surface area contributed by atoms with Gasteiger partial charge in [-0.2, -0.15) is 5.26 Å². The van der Waals surface area contributed by atoms with Crippen LogP contribution in [0.5, 0.6) is 0 Å². The molecule has 13 aliphatic carbocycles. The first-order chi connectivity index (χ1) is 44.2. The van der Waals surface area contributed by atoms with Gasteiger partial charge in [-0.1, -0.05) is 111 Å². The zero-order chi connectivity index (χ0) is 67.3. The van der Waals surface area contributed by atoms with Crippen LogP contribution in [-0.2, 0) is 76.3 Å². The predicted octanol–water partition coefficient (Wildman–Crippen LogP) is 12.5. The molecule has 22 unspecified atom stereocenters. The summed E-state index contributed by atoms with van der Waals surface area (Å²) in [4.78, 5) is 113. The molecular weight excluding hydrogens is 1270 g/mol. The molecule has 4 aliphatic heterocycles. The van der Waals surface area contributed by atoms with Crippen LogP contribution in [0.4, 0.5) is 0 Å². The largest absolute Gasteiger partial charge is 0.469 e. The summed E-state index contributed by atoms with van der Waals surface area (Å²) in [5.41, 5.74) is 0.967. The molecule has 13 fully saturated rings. The number of methoxy groups -OCH3 is 3. The number of hydrogen-bond donors (Lipinski definition) is 0. The average molecular weight is 1360 g/mol. The Morgan fingerprint density at radius 2 is 1.06 bits per heavy atom. The van der Waals surface area contributed by atoms with Gasteiger partial charge in [0.2, 0.25) is 0 Å². The van der Waals surface area contributed by atoms with Crippen LogP contribution >= 0.6 is 34.8 Å². The highest BCUT2D eigenvalue weighted by atomic mass is 35.6. The van der Waals surface area contributed by atoms with Crippen molar-refractivity contribution in [1.82, 2.24) is 0 Å². The van der Waals surface area contributed by atoms with Crippen LogP contribution in [0, 0.1) is 108 Å². The van der Waals surface area contributed by atoms with Crippen molar-refractivity contribution in [3.63, 3.8) is 0 Å². The molecule has 0 radical (unpaired) electrons. The van der Waals surface area contributed by atoms with E-state index < -0.39 is 43.1 Å². The van der Waals surface area contributed by atoms with E-state index in [9.17, 15) is 48.4 Å². The Kier molecular flexibility index (Phi) is 15.5. The number of alkyl halides is 3. The Bertz CT molecular complexity index is 3580. The highest BCUT2D eigenvalue weighted by molar-refractivity contribution is 6.66. The van der Waals surface area contributed by atoms with E-state index in [1.54, 1.807) is 12.2 Å². The molecule has 22 atom stereocenters. The van der Waals surface area contributed by atoms with E-state index in [4.69, 9.17) is 63.2 Å². The highest BCUT2D eigenvalue weighted by Gasteiger charge is 2.84. The number of halogens is 3. The summed E-state index contributed by atoms with van der Waals surface area (Å²) in [6.07, 6.45) is 25.5. The molecular formula is C74H90Cl3NO16. The van der Waals surface area contributed by atoms with E-state index >= 15 is 0 Å². The molecule has 508 valence electrons. The average Bonchev–Trinajstić information content (AvgIpc) is 1.47. The van der Waals surface area contributed by atoms with Gasteiger partial charge >= 0.3 is 29.8 Å². The summed E-state index contributed by atoms with van der Waals surface area (Å²) in [5.74, 6) is -0.925. The summed E-state index contributed by atoms with van der Waals surface area (Å²) < 4.78 is 37.8. The molecule has 17 aliphatic rings. The number of carbonyl (C=O) groups excluding carboxylic acids is 9. The van der Waals surface area contributed by atoms with Gasteiger partial charge in [-0.15, -0.1) is 0 Å². The Balaban J connectivity index is 0.000000117. The van der Waals surface area contributed by atoms with Crippen molar-refractivity contribution in [3.8, 4) is 6.07 Å². The van der Waals surface area contributed by atoms with Gasteiger partial charge in [-0.25, -0.2) is 0 Å². The van der Waals surface area contributed by atoms with Gasteiger partial charge in [0.15, 0.2) is 11.6 Å². The number of esters is 5. The first kappa shape index (κ1) is 66.5. The van der Waals surface area contributed by atoms with Gasteiger partial charge in [-0.05, 0) is 157 Å². The number of fused-ring (bicyclic) bond motifs is 17. The topological polar surface area (TPSA) is 245 Å². The molecule has 0 aromatic carbocycles. The van der Waals surface area contributed by atoms with E-state index in [-0.39, 0.29) is 139 Å². The molecule has 0 aromatic heterocycles. The van der Waals surface area contributed by atoms with Crippen LogP contribution in [-0.4, -0.2) is 107 Å². The number of epoxide rings is 1. The first-order valence-electron chi connectivity index (χ1n) is 34.7.